The van der Waals surface area contributed by atoms with Gasteiger partial charge in [0.15, 0.2) is 17.3 Å². The number of carbonyl (C=O) groups excluding carboxylic acids is 1. The smallest absolute Gasteiger partial charge is 0.417 e. The van der Waals surface area contributed by atoms with E-state index in [0.29, 0.717) is 6.07 Å². The molecule has 1 aromatic rings. The monoisotopic (exact) mass is 263 g/mol. The van der Waals surface area contributed by atoms with E-state index >= 15 is 0 Å². The number of methoxy groups -OCH3 is 1. The van der Waals surface area contributed by atoms with Crippen LogP contribution in [-0.4, -0.2) is 31.6 Å². The largest absolute Gasteiger partial charge is 0.504 e. The summed E-state index contributed by atoms with van der Waals surface area (Å²) >= 11 is 0. The van der Waals surface area contributed by atoms with Crippen LogP contribution in [0, 0.1) is 0 Å². The number of phenols is 1. The van der Waals surface area contributed by atoms with Crippen molar-refractivity contribution in [3.8, 4) is 11.5 Å². The van der Waals surface area contributed by atoms with Gasteiger partial charge in [-0.3, -0.25) is 4.79 Å². The highest BCUT2D eigenvalue weighted by Gasteiger charge is 2.37. The van der Waals surface area contributed by atoms with Crippen molar-refractivity contribution in [1.29, 1.82) is 0 Å². The van der Waals surface area contributed by atoms with E-state index in [0.717, 1.165) is 6.07 Å². The van der Waals surface area contributed by atoms with Gasteiger partial charge >= 0.3 is 6.18 Å². The summed E-state index contributed by atoms with van der Waals surface area (Å²) in [7, 11) is 2.61. The minimum atomic E-state index is -4.72. The van der Waals surface area contributed by atoms with Crippen molar-refractivity contribution in [2.45, 2.75) is 6.18 Å². The Morgan fingerprint density at radius 1 is 1.44 bits per heavy atom. The van der Waals surface area contributed by atoms with E-state index in [1.54, 1.807) is 0 Å². The molecule has 0 saturated heterocycles. The fourth-order valence-corrected chi connectivity index (χ4v) is 1.50. The number of halogens is 3. The highest BCUT2D eigenvalue weighted by molar-refractivity contribution is 6.02. The lowest BCUT2D eigenvalue weighted by atomic mass is 10.0. The fraction of sp³-hybridized carbons (Fsp3) is 0.364. The van der Waals surface area contributed by atoms with Crippen molar-refractivity contribution in [1.82, 2.24) is 5.32 Å². The van der Waals surface area contributed by atoms with E-state index < -0.39 is 28.8 Å². The summed E-state index contributed by atoms with van der Waals surface area (Å²) in [5, 5.41) is 12.1. The quantitative estimate of drug-likeness (QED) is 0.813. The van der Waals surface area contributed by atoms with Crippen molar-refractivity contribution in [3.05, 3.63) is 23.3 Å². The maximum absolute atomic E-state index is 12.7. The van der Waals surface area contributed by atoms with E-state index in [1.807, 2.05) is 0 Å². The first kappa shape index (κ1) is 14.3. The number of nitrogens with one attached hydrogen (secondary N) is 1. The lowest BCUT2D eigenvalue weighted by Crippen LogP contribution is -2.22. The molecule has 0 radical (unpaired) electrons. The SMILES string of the molecule is CNCC(=O)c1c(C(F)(F)F)ccc(OC)c1O. The van der Waals surface area contributed by atoms with Gasteiger partial charge in [0.2, 0.25) is 0 Å². The van der Waals surface area contributed by atoms with Crippen LogP contribution in [0.2, 0.25) is 0 Å². The molecule has 1 rings (SSSR count). The van der Waals surface area contributed by atoms with E-state index in [1.165, 1.54) is 14.2 Å². The van der Waals surface area contributed by atoms with Gasteiger partial charge < -0.3 is 15.2 Å². The van der Waals surface area contributed by atoms with Gasteiger partial charge in [-0.05, 0) is 19.2 Å². The Morgan fingerprint density at radius 2 is 2.06 bits per heavy atom. The van der Waals surface area contributed by atoms with Crippen LogP contribution < -0.4 is 10.1 Å². The Bertz CT molecular complexity index is 458. The van der Waals surface area contributed by atoms with Crippen LogP contribution in [0.15, 0.2) is 12.1 Å². The lowest BCUT2D eigenvalue weighted by molar-refractivity contribution is -0.138. The summed E-state index contributed by atoms with van der Waals surface area (Å²) < 4.78 is 42.9. The van der Waals surface area contributed by atoms with Crippen molar-refractivity contribution in [2.24, 2.45) is 0 Å². The van der Waals surface area contributed by atoms with Gasteiger partial charge in [0, 0.05) is 0 Å². The Balaban J connectivity index is 3.45. The van der Waals surface area contributed by atoms with Gasteiger partial charge in [-0.2, -0.15) is 13.2 Å². The number of hydrogen-bond donors (Lipinski definition) is 2. The van der Waals surface area contributed by atoms with Crippen LogP contribution >= 0.6 is 0 Å². The molecule has 0 heterocycles. The van der Waals surface area contributed by atoms with Crippen LogP contribution in [0.4, 0.5) is 13.2 Å². The molecule has 100 valence electrons. The first-order chi connectivity index (χ1) is 8.32. The average Bonchev–Trinajstić information content (AvgIpc) is 2.27. The summed E-state index contributed by atoms with van der Waals surface area (Å²) in [5.41, 5.74) is -1.96. The van der Waals surface area contributed by atoms with E-state index in [4.69, 9.17) is 4.74 Å². The van der Waals surface area contributed by atoms with Crippen molar-refractivity contribution < 1.29 is 27.8 Å². The van der Waals surface area contributed by atoms with Crippen LogP contribution in [0.25, 0.3) is 0 Å². The molecule has 0 fully saturated rings. The van der Waals surface area contributed by atoms with Crippen LogP contribution in [0.1, 0.15) is 15.9 Å². The molecular weight excluding hydrogens is 251 g/mol. The third-order valence-electron chi connectivity index (χ3n) is 2.28. The third-order valence-corrected chi connectivity index (χ3v) is 2.28. The number of benzene rings is 1. The normalized spacial score (nSPS) is 11.4. The molecule has 0 unspecified atom stereocenters. The van der Waals surface area contributed by atoms with Crippen molar-refractivity contribution >= 4 is 5.78 Å². The van der Waals surface area contributed by atoms with Gasteiger partial charge in [0.1, 0.15) is 0 Å². The van der Waals surface area contributed by atoms with Gasteiger partial charge in [0.25, 0.3) is 0 Å². The molecule has 2 N–H and O–H groups in total. The first-order valence-corrected chi connectivity index (χ1v) is 4.97. The molecule has 18 heavy (non-hydrogen) atoms. The molecule has 4 nitrogen and oxygen atoms in total. The van der Waals surface area contributed by atoms with Gasteiger partial charge in [0.05, 0.1) is 24.8 Å². The van der Waals surface area contributed by atoms with Crippen molar-refractivity contribution in [2.75, 3.05) is 20.7 Å². The predicted molar refractivity (Wildman–Crippen MR) is 57.9 cm³/mol. The molecule has 0 aliphatic carbocycles. The fourth-order valence-electron chi connectivity index (χ4n) is 1.50. The number of carbonyl (C=O) groups is 1. The number of rotatable bonds is 4. The van der Waals surface area contributed by atoms with Gasteiger partial charge in [-0.15, -0.1) is 0 Å². The second-order valence-corrected chi connectivity index (χ2v) is 3.49. The standard InChI is InChI=1S/C11H12F3NO3/c1-15-5-7(16)9-6(11(12,13)14)3-4-8(18-2)10(9)17/h3-4,15,17H,5H2,1-2H3. The van der Waals surface area contributed by atoms with Crippen molar-refractivity contribution in [3.63, 3.8) is 0 Å². The summed E-state index contributed by atoms with van der Waals surface area (Å²) in [6, 6.07) is 1.68. The lowest BCUT2D eigenvalue weighted by Gasteiger charge is -2.15. The molecule has 0 aliphatic heterocycles. The summed E-state index contributed by atoms with van der Waals surface area (Å²) in [6.07, 6.45) is -4.72. The molecule has 0 aromatic heterocycles. The second-order valence-electron chi connectivity index (χ2n) is 3.49. The van der Waals surface area contributed by atoms with E-state index in [2.05, 4.69) is 5.32 Å². The zero-order valence-corrected chi connectivity index (χ0v) is 9.76. The number of ketones is 1. The molecule has 0 aliphatic rings. The Kier molecular flexibility index (Phi) is 4.18. The molecule has 0 spiro atoms. The molecule has 0 saturated carbocycles. The zero-order chi connectivity index (χ0) is 13.9. The average molecular weight is 263 g/mol. The first-order valence-electron chi connectivity index (χ1n) is 4.97. The van der Waals surface area contributed by atoms with E-state index in [-0.39, 0.29) is 12.3 Å². The predicted octanol–water partition coefficient (Wildman–Crippen LogP) is 1.82. The van der Waals surface area contributed by atoms with E-state index in [9.17, 15) is 23.1 Å². The van der Waals surface area contributed by atoms with Crippen LogP contribution in [-0.2, 0) is 6.18 Å². The topological polar surface area (TPSA) is 58.6 Å². The molecular formula is C11H12F3NO3. The van der Waals surface area contributed by atoms with Gasteiger partial charge in [-0.1, -0.05) is 0 Å². The highest BCUT2D eigenvalue weighted by atomic mass is 19.4. The number of Topliss-reactive ketones (excluding diaryl/α,β-unsaturated/α-hetero) is 1. The number of ether oxygens (including phenoxy) is 1. The Morgan fingerprint density at radius 3 is 2.50 bits per heavy atom. The number of aromatic hydroxyl groups is 1. The summed E-state index contributed by atoms with van der Waals surface area (Å²) in [4.78, 5) is 11.6. The minimum absolute atomic E-state index is 0.178. The molecule has 7 heteroatoms. The van der Waals surface area contributed by atoms with Crippen LogP contribution in [0.3, 0.4) is 0 Å². The molecule has 1 aromatic carbocycles. The third kappa shape index (κ3) is 2.73. The maximum Gasteiger partial charge on any atom is 0.417 e. The number of likely N-dealkylation sites (N-methyl/N-ethyl adjacent to an activating group) is 1. The zero-order valence-electron chi connectivity index (χ0n) is 9.76. The summed E-state index contributed by atoms with van der Waals surface area (Å²) in [6.45, 7) is -0.316. The number of phenolic OH excluding ortho intramolecular Hbond substituents is 1. The summed E-state index contributed by atoms with van der Waals surface area (Å²) in [5.74, 6) is -1.84. The Labute approximate surface area is 101 Å². The number of alkyl halides is 3. The van der Waals surface area contributed by atoms with Gasteiger partial charge in [-0.25, -0.2) is 0 Å². The second kappa shape index (κ2) is 5.26. The maximum atomic E-state index is 12.7. The molecule has 0 bridgehead atoms. The van der Waals surface area contributed by atoms with Crippen LogP contribution in [0.5, 0.6) is 11.5 Å². The number of hydrogen-bond acceptors (Lipinski definition) is 4. The minimum Gasteiger partial charge on any atom is -0.504 e. The molecule has 0 amide bonds. The highest BCUT2D eigenvalue weighted by Crippen LogP contribution is 2.40. The molecule has 0 atom stereocenters. The Hall–Kier alpha value is -1.76.